The van der Waals surface area contributed by atoms with Crippen LogP contribution in [0.1, 0.15) is 35.8 Å². The van der Waals surface area contributed by atoms with E-state index in [0.717, 1.165) is 37.2 Å². The van der Waals surface area contributed by atoms with Gasteiger partial charge in [0.2, 0.25) is 0 Å². The van der Waals surface area contributed by atoms with Crippen molar-refractivity contribution in [2.75, 3.05) is 17.2 Å². The molecule has 4 nitrogen and oxygen atoms in total. The molecule has 0 saturated carbocycles. The van der Waals surface area contributed by atoms with E-state index in [1.54, 1.807) is 6.07 Å². The van der Waals surface area contributed by atoms with Gasteiger partial charge in [-0.1, -0.05) is 24.9 Å². The second-order valence-corrected chi connectivity index (χ2v) is 5.77. The normalized spacial score (nSPS) is 11.2. The van der Waals surface area contributed by atoms with Crippen LogP contribution in [0.2, 0.25) is 5.02 Å². The van der Waals surface area contributed by atoms with Crippen LogP contribution in [-0.4, -0.2) is 17.4 Å². The maximum Gasteiger partial charge on any atom is 0.417 e. The predicted octanol–water partition coefficient (Wildman–Crippen LogP) is 5.22. The van der Waals surface area contributed by atoms with Gasteiger partial charge in [-0.05, 0) is 36.8 Å². The maximum atomic E-state index is 12.8. The molecule has 0 radical (unpaired) electrons. The summed E-state index contributed by atoms with van der Waals surface area (Å²) in [5, 5.41) is 5.12. The van der Waals surface area contributed by atoms with Gasteiger partial charge in [0.15, 0.2) is 0 Å². The van der Waals surface area contributed by atoms with Crippen LogP contribution in [0.5, 0.6) is 0 Å². The van der Waals surface area contributed by atoms with Crippen molar-refractivity contribution in [2.45, 2.75) is 25.9 Å². The summed E-state index contributed by atoms with van der Waals surface area (Å²) in [6.07, 6.45) is -1.02. The SMILES string of the molecule is CCCCNc1ccc(C(=O)Nc2ccc(Cl)c(C(F)(F)F)c2)nc1. The fraction of sp³-hybridized carbons (Fsp3) is 0.294. The van der Waals surface area contributed by atoms with Gasteiger partial charge < -0.3 is 10.6 Å². The number of benzene rings is 1. The van der Waals surface area contributed by atoms with Crippen molar-refractivity contribution >= 4 is 28.9 Å². The van der Waals surface area contributed by atoms with Gasteiger partial charge in [0, 0.05) is 12.2 Å². The van der Waals surface area contributed by atoms with Gasteiger partial charge >= 0.3 is 6.18 Å². The summed E-state index contributed by atoms with van der Waals surface area (Å²) < 4.78 is 38.5. The third kappa shape index (κ3) is 5.35. The highest BCUT2D eigenvalue weighted by atomic mass is 35.5. The standard InChI is InChI=1S/C17H17ClF3N3O/c1-2-3-8-22-12-5-7-15(23-10-12)16(25)24-11-4-6-14(18)13(9-11)17(19,20)21/h4-7,9-10,22H,2-3,8H2,1H3,(H,24,25). The van der Waals surface area contributed by atoms with Crippen LogP contribution in [0.25, 0.3) is 0 Å². The molecular weight excluding hydrogens is 355 g/mol. The minimum atomic E-state index is -4.60. The van der Waals surface area contributed by atoms with E-state index in [0.29, 0.717) is 0 Å². The van der Waals surface area contributed by atoms with Crippen LogP contribution >= 0.6 is 11.6 Å². The predicted molar refractivity (Wildman–Crippen MR) is 92.0 cm³/mol. The molecule has 0 aliphatic carbocycles. The topological polar surface area (TPSA) is 54.0 Å². The Balaban J connectivity index is 2.07. The minimum Gasteiger partial charge on any atom is -0.384 e. The van der Waals surface area contributed by atoms with Gasteiger partial charge in [-0.2, -0.15) is 13.2 Å². The lowest BCUT2D eigenvalue weighted by Gasteiger charge is -2.12. The zero-order valence-corrected chi connectivity index (χ0v) is 14.2. The first-order valence-electron chi connectivity index (χ1n) is 7.69. The fourth-order valence-corrected chi connectivity index (χ4v) is 2.28. The molecule has 0 aliphatic heterocycles. The number of nitrogens with one attached hydrogen (secondary N) is 2. The van der Waals surface area contributed by atoms with Crippen molar-refractivity contribution < 1.29 is 18.0 Å². The van der Waals surface area contributed by atoms with E-state index < -0.39 is 22.7 Å². The second kappa shape index (κ2) is 8.20. The summed E-state index contributed by atoms with van der Waals surface area (Å²) >= 11 is 5.55. The van der Waals surface area contributed by atoms with Crippen LogP contribution in [0.3, 0.4) is 0 Å². The van der Waals surface area contributed by atoms with Gasteiger partial charge in [-0.3, -0.25) is 4.79 Å². The Kier molecular flexibility index (Phi) is 6.25. The summed E-state index contributed by atoms with van der Waals surface area (Å²) in [4.78, 5) is 16.1. The number of carbonyl (C=O) groups excluding carboxylic acids is 1. The molecular formula is C17H17ClF3N3O. The van der Waals surface area contributed by atoms with Crippen LogP contribution in [0.4, 0.5) is 24.5 Å². The Hall–Kier alpha value is -2.28. The maximum absolute atomic E-state index is 12.8. The van der Waals surface area contributed by atoms with Crippen molar-refractivity contribution in [1.82, 2.24) is 4.98 Å². The van der Waals surface area contributed by atoms with E-state index in [9.17, 15) is 18.0 Å². The van der Waals surface area contributed by atoms with Crippen molar-refractivity contribution in [3.05, 3.63) is 52.8 Å². The third-order valence-electron chi connectivity index (χ3n) is 3.39. The molecule has 8 heteroatoms. The van der Waals surface area contributed by atoms with Crippen LogP contribution in [0.15, 0.2) is 36.5 Å². The number of carbonyl (C=O) groups is 1. The molecule has 0 fully saturated rings. The Morgan fingerprint density at radius 1 is 1.20 bits per heavy atom. The smallest absolute Gasteiger partial charge is 0.384 e. The highest BCUT2D eigenvalue weighted by Crippen LogP contribution is 2.36. The molecule has 0 unspecified atom stereocenters. The molecule has 25 heavy (non-hydrogen) atoms. The number of amides is 1. The zero-order valence-electron chi connectivity index (χ0n) is 13.5. The largest absolute Gasteiger partial charge is 0.417 e. The van der Waals surface area contributed by atoms with Crippen molar-refractivity contribution in [2.24, 2.45) is 0 Å². The van der Waals surface area contributed by atoms with Crippen LogP contribution in [0, 0.1) is 0 Å². The van der Waals surface area contributed by atoms with E-state index in [1.165, 1.54) is 18.3 Å². The minimum absolute atomic E-state index is 0.00586. The number of nitrogens with zero attached hydrogens (tertiary/aromatic N) is 1. The Bertz CT molecular complexity index is 733. The van der Waals surface area contributed by atoms with Gasteiger partial charge in [0.05, 0.1) is 22.5 Å². The molecule has 0 atom stereocenters. The van der Waals surface area contributed by atoms with E-state index in [2.05, 4.69) is 22.5 Å². The van der Waals surface area contributed by atoms with Crippen molar-refractivity contribution in [3.63, 3.8) is 0 Å². The molecule has 134 valence electrons. The monoisotopic (exact) mass is 371 g/mol. The van der Waals surface area contributed by atoms with Crippen LogP contribution < -0.4 is 10.6 Å². The van der Waals surface area contributed by atoms with Crippen molar-refractivity contribution in [3.8, 4) is 0 Å². The number of anilines is 2. The highest BCUT2D eigenvalue weighted by Gasteiger charge is 2.33. The molecule has 2 aromatic rings. The number of aromatic nitrogens is 1. The molecule has 1 heterocycles. The average Bonchev–Trinajstić information content (AvgIpc) is 2.56. The zero-order chi connectivity index (χ0) is 18.4. The number of alkyl halides is 3. The second-order valence-electron chi connectivity index (χ2n) is 5.36. The quantitative estimate of drug-likeness (QED) is 0.684. The Labute approximate surface area is 148 Å². The van der Waals surface area contributed by atoms with E-state index in [4.69, 9.17) is 11.6 Å². The van der Waals surface area contributed by atoms with Gasteiger partial charge in [0.1, 0.15) is 5.69 Å². The summed E-state index contributed by atoms with van der Waals surface area (Å²) in [6, 6.07) is 6.38. The summed E-state index contributed by atoms with van der Waals surface area (Å²) in [6.45, 7) is 2.88. The molecule has 1 amide bonds. The lowest BCUT2D eigenvalue weighted by Crippen LogP contribution is -2.15. The lowest BCUT2D eigenvalue weighted by atomic mass is 10.2. The first-order chi connectivity index (χ1) is 11.8. The first-order valence-corrected chi connectivity index (χ1v) is 8.07. The highest BCUT2D eigenvalue weighted by molar-refractivity contribution is 6.31. The summed E-state index contributed by atoms with van der Waals surface area (Å²) in [5.74, 6) is -0.601. The lowest BCUT2D eigenvalue weighted by molar-refractivity contribution is -0.137. The van der Waals surface area contributed by atoms with Crippen LogP contribution in [-0.2, 0) is 6.18 Å². The van der Waals surface area contributed by atoms with Gasteiger partial charge in [0.25, 0.3) is 5.91 Å². The Morgan fingerprint density at radius 3 is 2.52 bits per heavy atom. The van der Waals surface area contributed by atoms with E-state index in [-0.39, 0.29) is 11.4 Å². The Morgan fingerprint density at radius 2 is 1.92 bits per heavy atom. The van der Waals surface area contributed by atoms with Gasteiger partial charge in [-0.15, -0.1) is 0 Å². The first kappa shape index (κ1) is 19.1. The van der Waals surface area contributed by atoms with Crippen molar-refractivity contribution in [1.29, 1.82) is 0 Å². The number of pyridine rings is 1. The molecule has 2 N–H and O–H groups in total. The van der Waals surface area contributed by atoms with E-state index in [1.807, 2.05) is 0 Å². The average molecular weight is 372 g/mol. The number of rotatable bonds is 6. The van der Waals surface area contributed by atoms with Gasteiger partial charge in [-0.25, -0.2) is 4.98 Å². The molecule has 0 spiro atoms. The molecule has 1 aromatic carbocycles. The fourth-order valence-electron chi connectivity index (χ4n) is 2.06. The number of hydrogen-bond donors (Lipinski definition) is 2. The molecule has 1 aromatic heterocycles. The summed E-state index contributed by atoms with van der Waals surface area (Å²) in [5.41, 5.74) is -0.135. The molecule has 0 saturated heterocycles. The third-order valence-corrected chi connectivity index (χ3v) is 3.71. The molecule has 0 bridgehead atoms. The molecule has 2 rings (SSSR count). The molecule has 0 aliphatic rings. The number of unbranched alkanes of at least 4 members (excludes halogenated alkanes) is 1. The number of hydrogen-bond acceptors (Lipinski definition) is 3. The summed E-state index contributed by atoms with van der Waals surface area (Å²) in [7, 11) is 0. The number of halogens is 4. The van der Waals surface area contributed by atoms with E-state index >= 15 is 0 Å².